The summed E-state index contributed by atoms with van der Waals surface area (Å²) < 4.78 is 0. The highest BCUT2D eigenvalue weighted by Gasteiger charge is 2.29. The molecule has 2 aromatic rings. The minimum absolute atomic E-state index is 0.00365. The van der Waals surface area contributed by atoms with Crippen molar-refractivity contribution >= 4 is 17.5 Å². The van der Waals surface area contributed by atoms with Gasteiger partial charge in [-0.25, -0.2) is 9.97 Å². The Morgan fingerprint density at radius 3 is 2.75 bits per heavy atom. The Hall–Kier alpha value is -1.98. The third-order valence-corrected chi connectivity index (χ3v) is 4.45. The molecule has 2 N–H and O–H groups in total. The molecule has 0 spiro atoms. The van der Waals surface area contributed by atoms with E-state index in [1.54, 1.807) is 6.20 Å². The third kappa shape index (κ3) is 4.30. The molecule has 0 aliphatic heterocycles. The molecule has 1 aliphatic rings. The van der Waals surface area contributed by atoms with Gasteiger partial charge in [0.15, 0.2) is 0 Å². The first-order valence-electron chi connectivity index (χ1n) is 8.10. The van der Waals surface area contributed by atoms with Gasteiger partial charge in [0.2, 0.25) is 0 Å². The Morgan fingerprint density at radius 2 is 2.08 bits per heavy atom. The van der Waals surface area contributed by atoms with Crippen LogP contribution in [0.4, 0.5) is 0 Å². The van der Waals surface area contributed by atoms with Crippen LogP contribution in [0.25, 0.3) is 0 Å². The van der Waals surface area contributed by atoms with Gasteiger partial charge in [0.05, 0.1) is 11.3 Å². The normalized spacial score (nSPS) is 15.1. The summed E-state index contributed by atoms with van der Waals surface area (Å²) in [6.45, 7) is 0.403. The molecule has 1 fully saturated rings. The predicted octanol–water partition coefficient (Wildman–Crippen LogP) is 2.59. The van der Waals surface area contributed by atoms with Crippen LogP contribution in [0.1, 0.15) is 40.4 Å². The first-order chi connectivity index (χ1) is 11.7. The largest absolute Gasteiger partial charge is 0.396 e. The van der Waals surface area contributed by atoms with E-state index in [-0.39, 0.29) is 18.4 Å². The molecular weight excluding hydrogens is 326 g/mol. The molecule has 1 atom stereocenters. The van der Waals surface area contributed by atoms with Crippen LogP contribution in [-0.2, 0) is 6.42 Å². The van der Waals surface area contributed by atoms with Crippen LogP contribution in [-0.4, -0.2) is 34.1 Å². The summed E-state index contributed by atoms with van der Waals surface area (Å²) in [7, 11) is 0. The quantitative estimate of drug-likeness (QED) is 0.808. The molecule has 126 valence electrons. The van der Waals surface area contributed by atoms with Crippen molar-refractivity contribution in [3.05, 3.63) is 58.6 Å². The van der Waals surface area contributed by atoms with Crippen LogP contribution >= 0.6 is 11.6 Å². The molecule has 1 aliphatic carbocycles. The lowest BCUT2D eigenvalue weighted by molar-refractivity contribution is 0.0938. The maximum Gasteiger partial charge on any atom is 0.254 e. The van der Waals surface area contributed by atoms with Gasteiger partial charge in [0.25, 0.3) is 5.91 Å². The number of carbonyl (C=O) groups excluding carboxylic acids is 1. The number of amides is 1. The number of halogens is 1. The first-order valence-corrected chi connectivity index (χ1v) is 8.48. The monoisotopic (exact) mass is 345 g/mol. The van der Waals surface area contributed by atoms with E-state index in [1.165, 1.54) is 6.33 Å². The third-order valence-electron chi connectivity index (χ3n) is 4.20. The molecule has 1 aromatic carbocycles. The fourth-order valence-corrected chi connectivity index (χ4v) is 2.81. The van der Waals surface area contributed by atoms with Gasteiger partial charge in [-0.2, -0.15) is 0 Å². The zero-order valence-electron chi connectivity index (χ0n) is 13.3. The molecular formula is C18H20ClN3O2. The molecule has 0 radical (unpaired) electrons. The summed E-state index contributed by atoms with van der Waals surface area (Å²) in [5, 5.41) is 13.2. The zero-order valence-corrected chi connectivity index (χ0v) is 14.0. The number of rotatable bonds is 7. The lowest BCUT2D eigenvalue weighted by Gasteiger charge is -2.16. The number of nitrogens with zero attached hydrogens (tertiary/aromatic N) is 2. The van der Waals surface area contributed by atoms with Crippen molar-refractivity contribution in [3.63, 3.8) is 0 Å². The number of benzene rings is 1. The van der Waals surface area contributed by atoms with Crippen molar-refractivity contribution in [1.82, 2.24) is 15.3 Å². The van der Waals surface area contributed by atoms with Crippen molar-refractivity contribution in [2.75, 3.05) is 13.2 Å². The Kier molecular flexibility index (Phi) is 5.43. The van der Waals surface area contributed by atoms with Crippen molar-refractivity contribution in [3.8, 4) is 0 Å². The number of carbonyl (C=O) groups is 1. The number of hydrogen-bond donors (Lipinski definition) is 2. The van der Waals surface area contributed by atoms with Crippen LogP contribution < -0.4 is 5.32 Å². The zero-order chi connectivity index (χ0) is 16.9. The second kappa shape index (κ2) is 7.73. The second-order valence-corrected chi connectivity index (χ2v) is 6.62. The number of nitrogens with one attached hydrogen (secondary N) is 1. The number of aliphatic hydroxyl groups excluding tert-OH is 1. The molecule has 0 saturated heterocycles. The lowest BCUT2D eigenvalue weighted by Crippen LogP contribution is -2.32. The summed E-state index contributed by atoms with van der Waals surface area (Å²) in [6.07, 6.45) is 5.89. The van der Waals surface area contributed by atoms with Crippen molar-refractivity contribution < 1.29 is 9.90 Å². The molecule has 1 aromatic heterocycles. The molecule has 6 heteroatoms. The summed E-state index contributed by atoms with van der Waals surface area (Å²) in [6, 6.07) is 7.52. The van der Waals surface area contributed by atoms with Crippen LogP contribution in [0, 0.1) is 5.92 Å². The van der Waals surface area contributed by atoms with Gasteiger partial charge >= 0.3 is 0 Å². The van der Waals surface area contributed by atoms with E-state index in [4.69, 9.17) is 11.6 Å². The van der Waals surface area contributed by atoms with Crippen LogP contribution in [0.3, 0.4) is 0 Å². The maximum absolute atomic E-state index is 12.4. The summed E-state index contributed by atoms with van der Waals surface area (Å²) in [5.74, 6) is 0.160. The van der Waals surface area contributed by atoms with Crippen molar-refractivity contribution in [2.45, 2.75) is 25.2 Å². The Morgan fingerprint density at radius 1 is 1.33 bits per heavy atom. The Balaban J connectivity index is 1.59. The summed E-state index contributed by atoms with van der Waals surface area (Å²) >= 11 is 5.88. The van der Waals surface area contributed by atoms with Crippen molar-refractivity contribution in [2.24, 2.45) is 5.92 Å². The van der Waals surface area contributed by atoms with E-state index >= 15 is 0 Å². The van der Waals surface area contributed by atoms with Gasteiger partial charge in [-0.3, -0.25) is 4.79 Å². The average molecular weight is 346 g/mol. The van der Waals surface area contributed by atoms with Gasteiger partial charge in [0.1, 0.15) is 6.33 Å². The van der Waals surface area contributed by atoms with Crippen LogP contribution in [0.5, 0.6) is 0 Å². The minimum atomic E-state index is -0.174. The molecule has 0 bridgehead atoms. The molecule has 1 heterocycles. The molecule has 1 unspecified atom stereocenters. The lowest BCUT2D eigenvalue weighted by atomic mass is 10.00. The molecule has 1 amide bonds. The number of aliphatic hydroxyl groups is 1. The smallest absolute Gasteiger partial charge is 0.254 e. The highest BCUT2D eigenvalue weighted by molar-refractivity contribution is 6.30. The first kappa shape index (κ1) is 16.9. The predicted molar refractivity (Wildman–Crippen MR) is 92.1 cm³/mol. The van der Waals surface area contributed by atoms with E-state index in [2.05, 4.69) is 15.3 Å². The summed E-state index contributed by atoms with van der Waals surface area (Å²) in [4.78, 5) is 20.6. The SMILES string of the molecule is O=C(NCC(CO)Cc1ccc(Cl)cc1)c1cncnc1C1CC1. The highest BCUT2D eigenvalue weighted by Crippen LogP contribution is 2.40. The van der Waals surface area contributed by atoms with Gasteiger partial charge < -0.3 is 10.4 Å². The van der Waals surface area contributed by atoms with Gasteiger partial charge in [-0.15, -0.1) is 0 Å². The molecule has 5 nitrogen and oxygen atoms in total. The Labute approximate surface area is 146 Å². The van der Waals surface area contributed by atoms with E-state index in [0.717, 1.165) is 24.1 Å². The van der Waals surface area contributed by atoms with Crippen molar-refractivity contribution in [1.29, 1.82) is 0 Å². The van der Waals surface area contributed by atoms with E-state index in [1.807, 2.05) is 24.3 Å². The standard InChI is InChI=1S/C18H20ClN3O2/c19-15-5-1-12(2-6-15)7-13(10-23)8-21-18(24)16-9-20-11-22-17(16)14-3-4-14/h1-2,5-6,9,11,13-14,23H,3-4,7-8,10H2,(H,21,24). The van der Waals surface area contributed by atoms with E-state index < -0.39 is 0 Å². The molecule has 3 rings (SSSR count). The van der Waals surface area contributed by atoms with Gasteiger partial charge in [-0.1, -0.05) is 23.7 Å². The fraction of sp³-hybridized carbons (Fsp3) is 0.389. The second-order valence-electron chi connectivity index (χ2n) is 6.19. The highest BCUT2D eigenvalue weighted by atomic mass is 35.5. The summed E-state index contributed by atoms with van der Waals surface area (Å²) in [5.41, 5.74) is 2.46. The van der Waals surface area contributed by atoms with Crippen LogP contribution in [0.15, 0.2) is 36.8 Å². The Bertz CT molecular complexity index is 702. The maximum atomic E-state index is 12.4. The average Bonchev–Trinajstić information content (AvgIpc) is 3.45. The molecule has 24 heavy (non-hydrogen) atoms. The van der Waals surface area contributed by atoms with Gasteiger partial charge in [-0.05, 0) is 37.0 Å². The van der Waals surface area contributed by atoms with Gasteiger partial charge in [0, 0.05) is 36.2 Å². The van der Waals surface area contributed by atoms with E-state index in [9.17, 15) is 9.90 Å². The minimum Gasteiger partial charge on any atom is -0.396 e. The van der Waals surface area contributed by atoms with E-state index in [0.29, 0.717) is 29.5 Å². The fourth-order valence-electron chi connectivity index (χ4n) is 2.68. The molecule has 1 saturated carbocycles. The van der Waals surface area contributed by atoms with Crippen LogP contribution in [0.2, 0.25) is 5.02 Å². The number of hydrogen-bond acceptors (Lipinski definition) is 4. The topological polar surface area (TPSA) is 75.1 Å². The number of aromatic nitrogens is 2.